The molecule has 1 unspecified atom stereocenters. The van der Waals surface area contributed by atoms with Gasteiger partial charge in [-0.15, -0.1) is 0 Å². The maximum absolute atomic E-state index is 11.1. The van der Waals surface area contributed by atoms with E-state index < -0.39 is 7.82 Å². The summed E-state index contributed by atoms with van der Waals surface area (Å²) in [6.07, 6.45) is 0.996. The highest BCUT2D eigenvalue weighted by Gasteiger charge is 2.28. The summed E-state index contributed by atoms with van der Waals surface area (Å²) in [4.78, 5) is 20.5. The number of hydrogen-bond donors (Lipinski definition) is 3. The van der Waals surface area contributed by atoms with Gasteiger partial charge < -0.3 is 9.84 Å². The molecule has 0 aromatic heterocycles. The summed E-state index contributed by atoms with van der Waals surface area (Å²) in [7, 11) is -4.54. The fourth-order valence-corrected chi connectivity index (χ4v) is 3.70. The molecule has 1 heterocycles. The molecule has 0 spiro atoms. The number of benzene rings is 1. The predicted molar refractivity (Wildman–Crippen MR) is 91.9 cm³/mol. The van der Waals surface area contributed by atoms with Crippen LogP contribution in [0.3, 0.4) is 0 Å². The van der Waals surface area contributed by atoms with Crippen LogP contribution in [0.1, 0.15) is 45.6 Å². The number of fused-ring (bicyclic) bond motifs is 1. The van der Waals surface area contributed by atoms with Crippen LogP contribution in [0.2, 0.25) is 0 Å². The number of nitrogens with one attached hydrogen (secondary N) is 1. The van der Waals surface area contributed by atoms with Crippen molar-refractivity contribution in [3.05, 3.63) is 23.8 Å². The minimum absolute atomic E-state index is 0.225. The maximum Gasteiger partial charge on any atom is 0.524 e. The molecule has 6 nitrogen and oxygen atoms in total. The normalized spacial score (nSPS) is 17.7. The van der Waals surface area contributed by atoms with Gasteiger partial charge in [0.2, 0.25) is 0 Å². The van der Waals surface area contributed by atoms with Crippen LogP contribution in [0.5, 0.6) is 5.75 Å². The van der Waals surface area contributed by atoms with Gasteiger partial charge in [0.05, 0.1) is 5.69 Å². The molecule has 0 bridgehead atoms. The third-order valence-electron chi connectivity index (χ3n) is 4.30. The molecule has 1 aliphatic heterocycles. The number of rotatable bonds is 7. The Kier molecular flexibility index (Phi) is 5.74. The zero-order valence-corrected chi connectivity index (χ0v) is 15.1. The van der Waals surface area contributed by atoms with E-state index in [1.807, 2.05) is 6.07 Å². The molecule has 0 saturated carbocycles. The first-order valence-corrected chi connectivity index (χ1v) is 9.59. The lowest BCUT2D eigenvalue weighted by Gasteiger charge is -2.31. The Bertz CT molecular complexity index is 577. The van der Waals surface area contributed by atoms with Gasteiger partial charge in [0.1, 0.15) is 0 Å². The summed E-state index contributed by atoms with van der Waals surface area (Å²) in [5.74, 6) is 0.549. The van der Waals surface area contributed by atoms with E-state index in [-0.39, 0.29) is 5.75 Å². The molecule has 0 amide bonds. The maximum atomic E-state index is 11.1. The number of anilines is 1. The first kappa shape index (κ1) is 18.3. The topological polar surface area (TPSA) is 82.0 Å². The van der Waals surface area contributed by atoms with E-state index in [4.69, 9.17) is 14.3 Å². The Hall–Kier alpha value is -1.07. The Morgan fingerprint density at radius 2 is 1.96 bits per heavy atom. The van der Waals surface area contributed by atoms with E-state index in [0.717, 1.165) is 25.1 Å². The van der Waals surface area contributed by atoms with Crippen molar-refractivity contribution in [3.8, 4) is 5.75 Å². The molecule has 1 aromatic rings. The minimum atomic E-state index is -4.54. The summed E-state index contributed by atoms with van der Waals surface area (Å²) in [5, 5.41) is 3.24. The summed E-state index contributed by atoms with van der Waals surface area (Å²) < 4.78 is 15.9. The van der Waals surface area contributed by atoms with Gasteiger partial charge in [0.25, 0.3) is 0 Å². The second-order valence-corrected chi connectivity index (χ2v) is 7.76. The lowest BCUT2D eigenvalue weighted by molar-refractivity contribution is 0.169. The number of phosphoric ester groups is 1. The van der Waals surface area contributed by atoms with E-state index in [0.29, 0.717) is 23.7 Å². The highest BCUT2D eigenvalue weighted by atomic mass is 31.2. The smallest absolute Gasteiger partial charge is 0.402 e. The first-order valence-electron chi connectivity index (χ1n) is 8.06. The van der Waals surface area contributed by atoms with Crippen LogP contribution in [0.4, 0.5) is 5.69 Å². The average molecular weight is 342 g/mol. The lowest BCUT2D eigenvalue weighted by Crippen LogP contribution is -2.38. The predicted octanol–water partition coefficient (Wildman–Crippen LogP) is 3.18. The highest BCUT2D eigenvalue weighted by Crippen LogP contribution is 2.46. The van der Waals surface area contributed by atoms with Gasteiger partial charge in [0, 0.05) is 24.5 Å². The SMILES string of the molecule is CC(C)N(CCC1CNc2c(OP(=O)(O)O)cccc21)C(C)C. The Labute approximate surface area is 138 Å². The molecule has 0 fully saturated rings. The molecular formula is C16H27N2O4P. The van der Waals surface area contributed by atoms with Crippen molar-refractivity contribution >= 4 is 13.5 Å². The monoisotopic (exact) mass is 342 g/mol. The van der Waals surface area contributed by atoms with Gasteiger partial charge in [0.15, 0.2) is 5.75 Å². The first-order chi connectivity index (χ1) is 10.7. The van der Waals surface area contributed by atoms with Crippen molar-refractivity contribution in [2.75, 3.05) is 18.4 Å². The van der Waals surface area contributed by atoms with Gasteiger partial charge in [-0.05, 0) is 52.3 Å². The molecule has 1 atom stereocenters. The summed E-state index contributed by atoms with van der Waals surface area (Å²) >= 11 is 0. The molecule has 7 heteroatoms. The average Bonchev–Trinajstić information content (AvgIpc) is 2.81. The van der Waals surface area contributed by atoms with Gasteiger partial charge in [-0.25, -0.2) is 4.57 Å². The molecule has 130 valence electrons. The quantitative estimate of drug-likeness (QED) is 0.660. The van der Waals surface area contributed by atoms with Gasteiger partial charge >= 0.3 is 7.82 Å². The molecule has 0 aliphatic carbocycles. The van der Waals surface area contributed by atoms with Crippen LogP contribution in [0, 0.1) is 0 Å². The fraction of sp³-hybridized carbons (Fsp3) is 0.625. The molecule has 1 aliphatic rings. The number of nitrogens with zero attached hydrogens (tertiary/aromatic N) is 1. The molecule has 2 rings (SSSR count). The van der Waals surface area contributed by atoms with E-state index in [1.165, 1.54) is 0 Å². The second-order valence-electron chi connectivity index (χ2n) is 6.59. The Morgan fingerprint density at radius 3 is 2.52 bits per heavy atom. The van der Waals surface area contributed by atoms with E-state index >= 15 is 0 Å². The van der Waals surface area contributed by atoms with Crippen molar-refractivity contribution in [1.82, 2.24) is 4.90 Å². The van der Waals surface area contributed by atoms with Crippen molar-refractivity contribution < 1.29 is 18.9 Å². The van der Waals surface area contributed by atoms with E-state index in [9.17, 15) is 4.57 Å². The van der Waals surface area contributed by atoms with Crippen molar-refractivity contribution in [2.24, 2.45) is 0 Å². The molecule has 0 saturated heterocycles. The summed E-state index contributed by atoms with van der Waals surface area (Å²) in [5.41, 5.74) is 1.78. The van der Waals surface area contributed by atoms with Crippen LogP contribution in [-0.2, 0) is 4.57 Å². The third-order valence-corrected chi connectivity index (χ3v) is 4.74. The van der Waals surface area contributed by atoms with Crippen molar-refractivity contribution in [2.45, 2.75) is 52.1 Å². The summed E-state index contributed by atoms with van der Waals surface area (Å²) in [6.45, 7) is 10.6. The van der Waals surface area contributed by atoms with Crippen LogP contribution in [0.15, 0.2) is 18.2 Å². The molecule has 3 N–H and O–H groups in total. The van der Waals surface area contributed by atoms with Gasteiger partial charge in [-0.3, -0.25) is 14.7 Å². The Morgan fingerprint density at radius 1 is 1.30 bits per heavy atom. The molecular weight excluding hydrogens is 315 g/mol. The second kappa shape index (κ2) is 7.22. The molecule has 23 heavy (non-hydrogen) atoms. The van der Waals surface area contributed by atoms with E-state index in [2.05, 4.69) is 37.9 Å². The Balaban J connectivity index is 2.10. The van der Waals surface area contributed by atoms with Crippen LogP contribution < -0.4 is 9.84 Å². The van der Waals surface area contributed by atoms with Crippen LogP contribution in [-0.4, -0.2) is 39.9 Å². The van der Waals surface area contributed by atoms with Crippen LogP contribution >= 0.6 is 7.82 Å². The fourth-order valence-electron chi connectivity index (χ4n) is 3.29. The zero-order valence-electron chi connectivity index (χ0n) is 14.2. The van der Waals surface area contributed by atoms with Crippen molar-refractivity contribution in [3.63, 3.8) is 0 Å². The standard InChI is InChI=1S/C16H27N2O4P/c1-11(2)18(12(3)4)9-8-13-10-17-16-14(13)6-5-7-15(16)22-23(19,20)21/h5-7,11-13,17H,8-10H2,1-4H3,(H2,19,20,21). The largest absolute Gasteiger partial charge is 0.524 e. The van der Waals surface area contributed by atoms with Crippen molar-refractivity contribution in [1.29, 1.82) is 0 Å². The summed E-state index contributed by atoms with van der Waals surface area (Å²) in [6, 6.07) is 6.36. The minimum Gasteiger partial charge on any atom is -0.402 e. The third kappa shape index (κ3) is 4.70. The number of phosphoric acid groups is 1. The highest BCUT2D eigenvalue weighted by molar-refractivity contribution is 7.46. The van der Waals surface area contributed by atoms with Crippen LogP contribution in [0.25, 0.3) is 0 Å². The van der Waals surface area contributed by atoms with Gasteiger partial charge in [-0.1, -0.05) is 12.1 Å². The van der Waals surface area contributed by atoms with Gasteiger partial charge in [-0.2, -0.15) is 0 Å². The molecule has 1 aromatic carbocycles. The number of para-hydroxylation sites is 1. The lowest BCUT2D eigenvalue weighted by atomic mass is 9.97. The zero-order chi connectivity index (χ0) is 17.2. The number of hydrogen-bond acceptors (Lipinski definition) is 4. The van der Waals surface area contributed by atoms with E-state index in [1.54, 1.807) is 12.1 Å². The molecule has 0 radical (unpaired) electrons.